The van der Waals surface area contributed by atoms with E-state index in [0.29, 0.717) is 19.6 Å². The SMILES string of the molecule is NCCNCC(N)=C=O. The normalized spacial score (nSPS) is 8.56. The Labute approximate surface area is 53.9 Å². The van der Waals surface area contributed by atoms with Crippen molar-refractivity contribution in [3.05, 3.63) is 5.70 Å². The molecule has 5 N–H and O–H groups in total. The van der Waals surface area contributed by atoms with Crippen LogP contribution in [0.1, 0.15) is 0 Å². The molecule has 0 spiro atoms. The molecule has 0 rings (SSSR count). The fourth-order valence-electron chi connectivity index (χ4n) is 0.361. The van der Waals surface area contributed by atoms with Gasteiger partial charge in [-0.1, -0.05) is 0 Å². The molecule has 0 aromatic carbocycles. The van der Waals surface area contributed by atoms with Crippen LogP contribution in [0.5, 0.6) is 0 Å². The minimum atomic E-state index is 0.184. The van der Waals surface area contributed by atoms with Crippen molar-refractivity contribution in [3.63, 3.8) is 0 Å². The Morgan fingerprint density at radius 3 is 2.78 bits per heavy atom. The maximum Gasteiger partial charge on any atom is 0.146 e. The molecule has 0 aromatic rings. The van der Waals surface area contributed by atoms with Crippen molar-refractivity contribution in [2.45, 2.75) is 0 Å². The van der Waals surface area contributed by atoms with Gasteiger partial charge in [0.2, 0.25) is 0 Å². The highest BCUT2D eigenvalue weighted by Gasteiger charge is 1.86. The van der Waals surface area contributed by atoms with Gasteiger partial charge in [-0.2, -0.15) is 0 Å². The highest BCUT2D eigenvalue weighted by Crippen LogP contribution is 1.66. The minimum absolute atomic E-state index is 0.184. The molecule has 0 aromatic heterocycles. The Morgan fingerprint density at radius 1 is 1.67 bits per heavy atom. The zero-order valence-electron chi connectivity index (χ0n) is 5.18. The number of nitrogens with two attached hydrogens (primary N) is 2. The molecule has 9 heavy (non-hydrogen) atoms. The van der Waals surface area contributed by atoms with Gasteiger partial charge in [0.05, 0.1) is 0 Å². The van der Waals surface area contributed by atoms with E-state index < -0.39 is 0 Å². The molecule has 0 saturated carbocycles. The van der Waals surface area contributed by atoms with Gasteiger partial charge in [-0.15, -0.1) is 0 Å². The van der Waals surface area contributed by atoms with Crippen molar-refractivity contribution in [2.24, 2.45) is 11.5 Å². The Morgan fingerprint density at radius 2 is 2.33 bits per heavy atom. The van der Waals surface area contributed by atoms with Crippen molar-refractivity contribution < 1.29 is 4.79 Å². The Hall–Kier alpha value is -0.830. The highest BCUT2D eigenvalue weighted by molar-refractivity contribution is 5.51. The van der Waals surface area contributed by atoms with Crippen LogP contribution in [0, 0.1) is 0 Å². The topological polar surface area (TPSA) is 81.1 Å². The van der Waals surface area contributed by atoms with Crippen molar-refractivity contribution in [3.8, 4) is 0 Å². The third-order valence-corrected chi connectivity index (χ3v) is 0.768. The van der Waals surface area contributed by atoms with Crippen LogP contribution in [-0.2, 0) is 4.79 Å². The number of carbonyl (C=O) groups excluding carboxylic acids is 1. The standard InChI is InChI=1S/C5H11N3O/c6-1-2-8-3-5(7)4-9/h8H,1-3,6-7H2. The van der Waals surface area contributed by atoms with Gasteiger partial charge < -0.3 is 16.8 Å². The number of hydrogen-bond donors (Lipinski definition) is 3. The zero-order chi connectivity index (χ0) is 7.11. The second kappa shape index (κ2) is 5.31. The van der Waals surface area contributed by atoms with E-state index in [2.05, 4.69) is 5.32 Å². The average Bonchev–Trinajstić information content (AvgIpc) is 1.89. The molecule has 0 radical (unpaired) electrons. The molecule has 52 valence electrons. The van der Waals surface area contributed by atoms with Crippen LogP contribution in [0.3, 0.4) is 0 Å². The second-order valence-electron chi connectivity index (χ2n) is 1.59. The van der Waals surface area contributed by atoms with Crippen molar-refractivity contribution >= 4 is 5.94 Å². The summed E-state index contributed by atoms with van der Waals surface area (Å²) in [6.45, 7) is 1.59. The van der Waals surface area contributed by atoms with Gasteiger partial charge >= 0.3 is 0 Å². The Balaban J connectivity index is 3.17. The van der Waals surface area contributed by atoms with Crippen molar-refractivity contribution in [1.82, 2.24) is 5.32 Å². The van der Waals surface area contributed by atoms with Crippen LogP contribution in [0.15, 0.2) is 5.70 Å². The molecular formula is C5H11N3O. The summed E-state index contributed by atoms with van der Waals surface area (Å²) in [4.78, 5) is 9.74. The highest BCUT2D eigenvalue weighted by atomic mass is 16.1. The number of hydrogen-bond acceptors (Lipinski definition) is 4. The third kappa shape index (κ3) is 5.03. The molecule has 0 aliphatic carbocycles. The number of nitrogens with one attached hydrogen (secondary N) is 1. The summed E-state index contributed by atoms with van der Waals surface area (Å²) in [5.41, 5.74) is 10.4. The second-order valence-corrected chi connectivity index (χ2v) is 1.59. The quantitative estimate of drug-likeness (QED) is 0.309. The van der Waals surface area contributed by atoms with Crippen LogP contribution in [0.25, 0.3) is 0 Å². The van der Waals surface area contributed by atoms with Crippen LogP contribution in [0.4, 0.5) is 0 Å². The first kappa shape index (κ1) is 8.17. The van der Waals surface area contributed by atoms with E-state index >= 15 is 0 Å². The zero-order valence-corrected chi connectivity index (χ0v) is 5.18. The van der Waals surface area contributed by atoms with E-state index in [1.54, 1.807) is 5.94 Å². The van der Waals surface area contributed by atoms with Gasteiger partial charge in [0.15, 0.2) is 0 Å². The first-order valence-electron chi connectivity index (χ1n) is 2.71. The molecule has 0 heterocycles. The molecule has 0 saturated heterocycles. The van der Waals surface area contributed by atoms with Crippen LogP contribution in [0.2, 0.25) is 0 Å². The molecule has 0 unspecified atom stereocenters. The summed E-state index contributed by atoms with van der Waals surface area (Å²) < 4.78 is 0. The maximum atomic E-state index is 9.74. The lowest BCUT2D eigenvalue weighted by molar-refractivity contribution is 0.565. The predicted octanol–water partition coefficient (Wildman–Crippen LogP) is -1.79. The monoisotopic (exact) mass is 129 g/mol. The van der Waals surface area contributed by atoms with Gasteiger partial charge in [-0.05, 0) is 0 Å². The molecule has 0 amide bonds. The minimum Gasteiger partial charge on any atom is -0.392 e. The molecule has 4 heteroatoms. The van der Waals surface area contributed by atoms with Crippen LogP contribution < -0.4 is 16.8 Å². The largest absolute Gasteiger partial charge is 0.392 e. The van der Waals surface area contributed by atoms with E-state index in [9.17, 15) is 4.79 Å². The lowest BCUT2D eigenvalue weighted by Crippen LogP contribution is -2.26. The summed E-state index contributed by atoms with van der Waals surface area (Å²) in [5, 5.41) is 2.84. The van der Waals surface area contributed by atoms with Crippen molar-refractivity contribution in [2.75, 3.05) is 19.6 Å². The molecule has 0 aliphatic rings. The smallest absolute Gasteiger partial charge is 0.146 e. The fraction of sp³-hybridized carbons (Fsp3) is 0.600. The van der Waals surface area contributed by atoms with E-state index in [1.165, 1.54) is 0 Å². The van der Waals surface area contributed by atoms with Crippen molar-refractivity contribution in [1.29, 1.82) is 0 Å². The van der Waals surface area contributed by atoms with Crippen LogP contribution in [-0.4, -0.2) is 25.6 Å². The molecule has 4 nitrogen and oxygen atoms in total. The van der Waals surface area contributed by atoms with Crippen LogP contribution >= 0.6 is 0 Å². The third-order valence-electron chi connectivity index (χ3n) is 0.768. The van der Waals surface area contributed by atoms with E-state index in [4.69, 9.17) is 11.5 Å². The molecular weight excluding hydrogens is 118 g/mol. The van der Waals surface area contributed by atoms with Gasteiger partial charge in [-0.25, -0.2) is 4.79 Å². The summed E-state index contributed by atoms with van der Waals surface area (Å²) in [5.74, 6) is 1.56. The van der Waals surface area contributed by atoms with Gasteiger partial charge in [0.1, 0.15) is 11.6 Å². The van der Waals surface area contributed by atoms with E-state index in [-0.39, 0.29) is 5.70 Å². The maximum absolute atomic E-state index is 9.74. The summed E-state index contributed by atoms with van der Waals surface area (Å²) in [6, 6.07) is 0. The molecule has 0 atom stereocenters. The Kier molecular flexibility index (Phi) is 4.82. The predicted molar refractivity (Wildman–Crippen MR) is 35.3 cm³/mol. The number of rotatable bonds is 4. The van der Waals surface area contributed by atoms with E-state index in [0.717, 1.165) is 0 Å². The molecule has 0 fully saturated rings. The fourth-order valence-corrected chi connectivity index (χ4v) is 0.361. The lowest BCUT2D eigenvalue weighted by Gasteiger charge is -1.97. The summed E-state index contributed by atoms with van der Waals surface area (Å²) in [7, 11) is 0. The van der Waals surface area contributed by atoms with Gasteiger partial charge in [-0.3, -0.25) is 0 Å². The summed E-state index contributed by atoms with van der Waals surface area (Å²) in [6.07, 6.45) is 0. The van der Waals surface area contributed by atoms with Gasteiger partial charge in [0.25, 0.3) is 0 Å². The average molecular weight is 129 g/mol. The van der Waals surface area contributed by atoms with Gasteiger partial charge in [0, 0.05) is 19.6 Å². The van der Waals surface area contributed by atoms with E-state index in [1.807, 2.05) is 0 Å². The first-order valence-corrected chi connectivity index (χ1v) is 2.71. The first-order chi connectivity index (χ1) is 4.31. The Bertz CT molecular complexity index is 117. The lowest BCUT2D eigenvalue weighted by atomic mass is 10.5. The molecule has 0 aliphatic heterocycles. The molecule has 0 bridgehead atoms. The summed E-state index contributed by atoms with van der Waals surface area (Å²) >= 11 is 0.